The lowest BCUT2D eigenvalue weighted by Gasteiger charge is -2.16. The number of nitrogens with one attached hydrogen (secondary N) is 2. The Bertz CT molecular complexity index is 619. The molecule has 10 heteroatoms. The molecular weight excluding hydrogens is 495 g/mol. The smallest absolute Gasteiger partial charge is 0.241 e. The number of ether oxygens (including phenoxy) is 3. The summed E-state index contributed by atoms with van der Waals surface area (Å²) in [6.45, 7) is 1.31. The number of halogens is 1. The monoisotopic (exact) mass is 526 g/mol. The maximum atomic E-state index is 11.8. The van der Waals surface area contributed by atoms with Gasteiger partial charge in [0.15, 0.2) is 17.5 Å². The molecular formula is C18H31IN4O4S. The Labute approximate surface area is 188 Å². The van der Waals surface area contributed by atoms with Gasteiger partial charge in [0.2, 0.25) is 11.7 Å². The van der Waals surface area contributed by atoms with Crippen molar-refractivity contribution in [3.05, 3.63) is 17.7 Å². The van der Waals surface area contributed by atoms with Gasteiger partial charge in [-0.2, -0.15) is 11.8 Å². The minimum Gasteiger partial charge on any atom is -0.493 e. The van der Waals surface area contributed by atoms with E-state index in [1.165, 1.54) is 4.90 Å². The number of aliphatic imine (C=N–C) groups is 1. The highest BCUT2D eigenvalue weighted by atomic mass is 127. The fourth-order valence-electron chi connectivity index (χ4n) is 2.16. The van der Waals surface area contributed by atoms with E-state index in [1.54, 1.807) is 47.2 Å². The molecule has 0 heterocycles. The topological polar surface area (TPSA) is 84.4 Å². The molecule has 1 rings (SSSR count). The summed E-state index contributed by atoms with van der Waals surface area (Å²) in [5.41, 5.74) is 0.898. The molecule has 0 unspecified atom stereocenters. The van der Waals surface area contributed by atoms with Gasteiger partial charge in [0.25, 0.3) is 0 Å². The van der Waals surface area contributed by atoms with Crippen molar-refractivity contribution in [1.82, 2.24) is 15.5 Å². The standard InChI is InChI=1S/C18H30N4O4S.HI/c1-22(2)16(23)12-21-18(19-7-8-27-6)20-11-13-9-14(24-3)17(26-5)15(10-13)25-4;/h9-10H,7-8,11-12H2,1-6H3,(H2,19,20,21);1H. The van der Waals surface area contributed by atoms with Crippen LogP contribution >= 0.6 is 35.7 Å². The number of thioether (sulfide) groups is 1. The van der Waals surface area contributed by atoms with E-state index in [0.29, 0.717) is 29.8 Å². The summed E-state index contributed by atoms with van der Waals surface area (Å²) in [5.74, 6) is 3.19. The van der Waals surface area contributed by atoms with Gasteiger partial charge in [-0.1, -0.05) is 0 Å². The SMILES string of the molecule is COc1cc(CN=C(NCCSC)NCC(=O)N(C)C)cc(OC)c1OC.I. The number of amides is 1. The van der Waals surface area contributed by atoms with Gasteiger partial charge in [-0.3, -0.25) is 4.79 Å². The van der Waals surface area contributed by atoms with Crippen LogP contribution in [0.15, 0.2) is 17.1 Å². The average molecular weight is 526 g/mol. The maximum Gasteiger partial charge on any atom is 0.241 e. The molecule has 1 amide bonds. The highest BCUT2D eigenvalue weighted by molar-refractivity contribution is 14.0. The first kappa shape index (κ1) is 26.4. The highest BCUT2D eigenvalue weighted by Gasteiger charge is 2.13. The lowest BCUT2D eigenvalue weighted by Crippen LogP contribution is -2.43. The number of hydrogen-bond donors (Lipinski definition) is 2. The van der Waals surface area contributed by atoms with Gasteiger partial charge in [0.05, 0.1) is 34.4 Å². The van der Waals surface area contributed by atoms with Crippen LogP contribution in [0, 0.1) is 0 Å². The maximum absolute atomic E-state index is 11.8. The van der Waals surface area contributed by atoms with Crippen molar-refractivity contribution in [2.24, 2.45) is 4.99 Å². The van der Waals surface area contributed by atoms with Gasteiger partial charge in [-0.25, -0.2) is 4.99 Å². The van der Waals surface area contributed by atoms with Crippen molar-refractivity contribution in [3.63, 3.8) is 0 Å². The number of nitrogens with zero attached hydrogens (tertiary/aromatic N) is 2. The second-order valence-corrected chi connectivity index (χ2v) is 6.75. The van der Waals surface area contributed by atoms with E-state index in [1.807, 2.05) is 18.4 Å². The normalized spacial score (nSPS) is 10.6. The zero-order chi connectivity index (χ0) is 20.2. The van der Waals surface area contributed by atoms with E-state index in [4.69, 9.17) is 14.2 Å². The van der Waals surface area contributed by atoms with Crippen LogP contribution in [0.5, 0.6) is 17.2 Å². The average Bonchev–Trinajstić information content (AvgIpc) is 2.68. The summed E-state index contributed by atoms with van der Waals surface area (Å²) in [5, 5.41) is 6.29. The molecule has 0 aliphatic carbocycles. The van der Waals surface area contributed by atoms with Crippen molar-refractivity contribution in [2.75, 3.05) is 60.5 Å². The molecule has 0 radical (unpaired) electrons. The molecule has 0 atom stereocenters. The molecule has 160 valence electrons. The van der Waals surface area contributed by atoms with Crippen molar-refractivity contribution in [1.29, 1.82) is 0 Å². The van der Waals surface area contributed by atoms with Gasteiger partial charge in [-0.15, -0.1) is 24.0 Å². The van der Waals surface area contributed by atoms with Gasteiger partial charge in [0.1, 0.15) is 0 Å². The Morgan fingerprint density at radius 2 is 1.71 bits per heavy atom. The third kappa shape index (κ3) is 8.63. The number of guanidine groups is 1. The molecule has 0 aliphatic rings. The molecule has 0 aromatic heterocycles. The summed E-state index contributed by atoms with van der Waals surface area (Å²) in [6, 6.07) is 3.71. The number of hydrogen-bond acceptors (Lipinski definition) is 6. The van der Waals surface area contributed by atoms with Crippen molar-refractivity contribution in [3.8, 4) is 17.2 Å². The fourth-order valence-corrected chi connectivity index (χ4v) is 2.47. The number of likely N-dealkylation sites (N-methyl/N-ethyl adjacent to an activating group) is 1. The summed E-state index contributed by atoms with van der Waals surface area (Å²) >= 11 is 1.73. The fraction of sp³-hybridized carbons (Fsp3) is 0.556. The molecule has 1 aromatic rings. The van der Waals surface area contributed by atoms with Gasteiger partial charge < -0.3 is 29.7 Å². The van der Waals surface area contributed by atoms with E-state index in [-0.39, 0.29) is 36.4 Å². The predicted octanol–water partition coefficient (Wildman–Crippen LogP) is 1.82. The first-order valence-electron chi connectivity index (χ1n) is 8.46. The van der Waals surface area contributed by atoms with Gasteiger partial charge >= 0.3 is 0 Å². The van der Waals surface area contributed by atoms with Crippen LogP contribution in [0.2, 0.25) is 0 Å². The number of carbonyl (C=O) groups excluding carboxylic acids is 1. The largest absolute Gasteiger partial charge is 0.493 e. The zero-order valence-corrected chi connectivity index (χ0v) is 20.5. The molecule has 0 aliphatic heterocycles. The molecule has 0 spiro atoms. The minimum atomic E-state index is -0.0258. The second kappa shape index (κ2) is 14.4. The van der Waals surface area contributed by atoms with Crippen LogP contribution in [0.1, 0.15) is 5.56 Å². The summed E-state index contributed by atoms with van der Waals surface area (Å²) in [4.78, 5) is 17.9. The van der Waals surface area contributed by atoms with Crippen molar-refractivity contribution in [2.45, 2.75) is 6.54 Å². The quantitative estimate of drug-likeness (QED) is 0.208. The zero-order valence-electron chi connectivity index (χ0n) is 17.3. The molecule has 0 bridgehead atoms. The molecule has 0 fully saturated rings. The van der Waals surface area contributed by atoms with Crippen molar-refractivity contribution >= 4 is 47.6 Å². The molecule has 0 saturated heterocycles. The van der Waals surface area contributed by atoms with Crippen LogP contribution in [0.25, 0.3) is 0 Å². The highest BCUT2D eigenvalue weighted by Crippen LogP contribution is 2.38. The van der Waals surface area contributed by atoms with E-state index < -0.39 is 0 Å². The third-order valence-electron chi connectivity index (χ3n) is 3.65. The molecule has 8 nitrogen and oxygen atoms in total. The van der Waals surface area contributed by atoms with Gasteiger partial charge in [-0.05, 0) is 24.0 Å². The lowest BCUT2D eigenvalue weighted by atomic mass is 10.2. The summed E-state index contributed by atoms with van der Waals surface area (Å²) in [7, 11) is 8.16. The van der Waals surface area contributed by atoms with Crippen molar-refractivity contribution < 1.29 is 19.0 Å². The first-order valence-corrected chi connectivity index (χ1v) is 9.86. The number of carbonyl (C=O) groups is 1. The van der Waals surface area contributed by atoms with E-state index in [2.05, 4.69) is 15.6 Å². The van der Waals surface area contributed by atoms with Crippen LogP contribution in [-0.2, 0) is 11.3 Å². The van der Waals surface area contributed by atoms with Crippen LogP contribution < -0.4 is 24.8 Å². The van der Waals surface area contributed by atoms with E-state index >= 15 is 0 Å². The van der Waals surface area contributed by atoms with E-state index in [0.717, 1.165) is 17.9 Å². The van der Waals surface area contributed by atoms with Crippen LogP contribution in [0.4, 0.5) is 0 Å². The van der Waals surface area contributed by atoms with Gasteiger partial charge in [0, 0.05) is 26.4 Å². The molecule has 2 N–H and O–H groups in total. The summed E-state index contributed by atoms with van der Waals surface area (Å²) < 4.78 is 16.1. The Kier molecular flexibility index (Phi) is 13.6. The third-order valence-corrected chi connectivity index (χ3v) is 4.26. The van der Waals surface area contributed by atoms with Crippen LogP contribution in [-0.4, -0.2) is 77.3 Å². The first-order chi connectivity index (χ1) is 13.0. The molecule has 1 aromatic carbocycles. The lowest BCUT2D eigenvalue weighted by molar-refractivity contribution is -0.127. The Balaban J connectivity index is 0.00000729. The Hall–Kier alpha value is -1.56. The number of methoxy groups -OCH3 is 3. The minimum absolute atomic E-state index is 0. The second-order valence-electron chi connectivity index (χ2n) is 5.76. The van der Waals surface area contributed by atoms with Crippen LogP contribution in [0.3, 0.4) is 0 Å². The Morgan fingerprint density at radius 3 is 2.18 bits per heavy atom. The summed E-state index contributed by atoms with van der Waals surface area (Å²) in [6.07, 6.45) is 2.04. The number of rotatable bonds is 10. The molecule has 0 saturated carbocycles. The van der Waals surface area contributed by atoms with E-state index in [9.17, 15) is 4.79 Å². The predicted molar refractivity (Wildman–Crippen MR) is 126 cm³/mol. The molecule has 28 heavy (non-hydrogen) atoms. The number of benzene rings is 1. The Morgan fingerprint density at radius 1 is 1.11 bits per heavy atom.